The van der Waals surface area contributed by atoms with Crippen LogP contribution in [0.5, 0.6) is 5.75 Å². The molecule has 39 heavy (non-hydrogen) atoms. The Labute approximate surface area is 237 Å². The zero-order valence-electron chi connectivity index (χ0n) is 23.8. The third kappa shape index (κ3) is 6.06. The van der Waals surface area contributed by atoms with Crippen LogP contribution in [0.4, 0.5) is 16.3 Å². The van der Waals surface area contributed by atoms with Crippen LogP contribution in [0.25, 0.3) is 11.3 Å². The van der Waals surface area contributed by atoms with Gasteiger partial charge in [0.1, 0.15) is 23.5 Å². The first-order valence-electron chi connectivity index (χ1n) is 14.2. The smallest absolute Gasteiger partial charge is 0.407 e. The van der Waals surface area contributed by atoms with Gasteiger partial charge in [-0.25, -0.2) is 14.8 Å². The molecule has 5 rings (SSSR count). The predicted molar refractivity (Wildman–Crippen MR) is 156 cm³/mol. The monoisotopic (exact) mass is 555 g/mol. The van der Waals surface area contributed by atoms with Crippen LogP contribution in [0.2, 0.25) is 0 Å². The largest absolute Gasteiger partial charge is 0.488 e. The second-order valence-corrected chi connectivity index (χ2v) is 13.2. The molecule has 3 aliphatic carbocycles. The number of alkyl carbamates (subject to hydrolysis) is 1. The number of aromatic nitrogens is 2. The highest BCUT2D eigenvalue weighted by molar-refractivity contribution is 6.18. The zero-order valence-corrected chi connectivity index (χ0v) is 24.6. The first kappa shape index (κ1) is 27.8. The van der Waals surface area contributed by atoms with Crippen LogP contribution in [0.1, 0.15) is 84.3 Å². The highest BCUT2D eigenvalue weighted by atomic mass is 35.5. The van der Waals surface area contributed by atoms with Crippen molar-refractivity contribution in [3.8, 4) is 17.0 Å². The summed E-state index contributed by atoms with van der Waals surface area (Å²) in [5.41, 5.74) is 11.1. The normalized spacial score (nSPS) is 21.9. The van der Waals surface area contributed by atoms with Crippen molar-refractivity contribution in [3.63, 3.8) is 0 Å². The molecule has 0 unspecified atom stereocenters. The second-order valence-electron chi connectivity index (χ2n) is 12.8. The van der Waals surface area contributed by atoms with Gasteiger partial charge in [-0.3, -0.25) is 0 Å². The van der Waals surface area contributed by atoms with Crippen molar-refractivity contribution < 1.29 is 14.3 Å². The molecule has 1 amide bonds. The Morgan fingerprint density at radius 1 is 1.15 bits per heavy atom. The number of hydrogen-bond acceptors (Lipinski definition) is 7. The Morgan fingerprint density at radius 2 is 1.87 bits per heavy atom. The third-order valence-electron chi connectivity index (χ3n) is 7.96. The fourth-order valence-corrected chi connectivity index (χ4v) is 6.34. The first-order valence-corrected chi connectivity index (χ1v) is 14.8. The molecular weight excluding hydrogens is 514 g/mol. The van der Waals surface area contributed by atoms with Gasteiger partial charge in [0.05, 0.1) is 17.5 Å². The number of amides is 1. The van der Waals surface area contributed by atoms with Crippen LogP contribution in [-0.4, -0.2) is 52.3 Å². The zero-order chi connectivity index (χ0) is 27.9. The molecule has 9 heteroatoms. The highest BCUT2D eigenvalue weighted by Gasteiger charge is 2.40. The maximum atomic E-state index is 12.3. The summed E-state index contributed by atoms with van der Waals surface area (Å²) in [4.78, 5) is 23.7. The van der Waals surface area contributed by atoms with E-state index in [4.69, 9.17) is 31.8 Å². The van der Waals surface area contributed by atoms with Crippen molar-refractivity contribution in [2.45, 2.75) is 109 Å². The lowest BCUT2D eigenvalue weighted by atomic mass is 9.71. The van der Waals surface area contributed by atoms with E-state index in [-0.39, 0.29) is 23.7 Å². The highest BCUT2D eigenvalue weighted by Crippen LogP contribution is 2.51. The number of carbonyl (C=O) groups is 1. The predicted octanol–water partition coefficient (Wildman–Crippen LogP) is 5.98. The Morgan fingerprint density at radius 3 is 2.51 bits per heavy atom. The minimum absolute atomic E-state index is 0.0809. The molecule has 3 aliphatic rings. The van der Waals surface area contributed by atoms with Gasteiger partial charge in [0.15, 0.2) is 0 Å². The lowest BCUT2D eigenvalue weighted by Crippen LogP contribution is -2.42. The minimum Gasteiger partial charge on any atom is -0.488 e. The molecule has 2 aromatic rings. The van der Waals surface area contributed by atoms with Crippen LogP contribution in [0.15, 0.2) is 18.5 Å². The van der Waals surface area contributed by atoms with E-state index in [2.05, 4.69) is 41.2 Å². The summed E-state index contributed by atoms with van der Waals surface area (Å²) in [5, 5.41) is 3.03. The number of nitrogens with one attached hydrogen (secondary N) is 1. The van der Waals surface area contributed by atoms with Gasteiger partial charge in [-0.1, -0.05) is 13.8 Å². The fourth-order valence-electron chi connectivity index (χ4n) is 6.16. The van der Waals surface area contributed by atoms with Crippen molar-refractivity contribution >= 4 is 29.2 Å². The molecule has 0 radical (unpaired) electrons. The third-order valence-corrected chi connectivity index (χ3v) is 8.13. The molecule has 1 aromatic heterocycles. The number of nitrogen functional groups attached to an aromatic ring is 1. The SMILES string of the molecule is CC(C)(C)OC(=O)N[C@H]1CC[C@H](Oc2ccc3c(c2N(CCCl)C2CC2)CC(C)(C)c2c(N)ncnc2-3)CC1. The van der Waals surface area contributed by atoms with E-state index in [1.807, 2.05) is 20.8 Å². The molecule has 8 nitrogen and oxygen atoms in total. The van der Waals surface area contributed by atoms with Gasteiger partial charge in [-0.15, -0.1) is 11.6 Å². The quantitative estimate of drug-likeness (QED) is 0.405. The Hall–Kier alpha value is -2.74. The van der Waals surface area contributed by atoms with Crippen molar-refractivity contribution in [1.29, 1.82) is 0 Å². The number of rotatable bonds is 7. The number of ether oxygens (including phenoxy) is 2. The van der Waals surface area contributed by atoms with Gasteiger partial charge in [0.2, 0.25) is 0 Å². The summed E-state index contributed by atoms with van der Waals surface area (Å²) in [5.74, 6) is 2.01. The molecule has 0 spiro atoms. The molecule has 3 N–H and O–H groups in total. The Balaban J connectivity index is 1.42. The lowest BCUT2D eigenvalue weighted by molar-refractivity contribution is 0.0471. The maximum Gasteiger partial charge on any atom is 0.407 e. The van der Waals surface area contributed by atoms with Gasteiger partial charge in [0.25, 0.3) is 0 Å². The number of hydrogen-bond donors (Lipinski definition) is 2. The molecule has 0 atom stereocenters. The standard InChI is InChI=1S/C30H42ClN5O3/c1-29(2,3)39-28(37)35-18-6-10-20(11-7-18)38-23-13-12-21-22(26(23)36(15-14-31)19-8-9-19)16-30(4,5)24-25(21)33-17-34-27(24)32/h12-13,17-20H,6-11,14-16H2,1-5H3,(H,35,37)(H2,32,33,34)/t18-,20-. The molecule has 1 heterocycles. The Kier molecular flexibility index (Phi) is 7.61. The maximum absolute atomic E-state index is 12.3. The average Bonchev–Trinajstić information content (AvgIpc) is 3.68. The number of anilines is 2. The molecule has 0 bridgehead atoms. The fraction of sp³-hybridized carbons (Fsp3) is 0.633. The summed E-state index contributed by atoms with van der Waals surface area (Å²) in [6.07, 6.45) is 7.88. The van der Waals surface area contributed by atoms with E-state index in [1.165, 1.54) is 5.56 Å². The van der Waals surface area contributed by atoms with Gasteiger partial charge in [-0.2, -0.15) is 0 Å². The van der Waals surface area contributed by atoms with Crippen molar-refractivity contribution in [1.82, 2.24) is 15.3 Å². The minimum atomic E-state index is -0.503. The summed E-state index contributed by atoms with van der Waals surface area (Å²) < 4.78 is 12.2. The van der Waals surface area contributed by atoms with Crippen LogP contribution in [0, 0.1) is 0 Å². The van der Waals surface area contributed by atoms with E-state index in [9.17, 15) is 4.79 Å². The van der Waals surface area contributed by atoms with Crippen LogP contribution in [0.3, 0.4) is 0 Å². The van der Waals surface area contributed by atoms with E-state index < -0.39 is 5.60 Å². The molecule has 212 valence electrons. The van der Waals surface area contributed by atoms with Gasteiger partial charge in [0, 0.05) is 35.6 Å². The summed E-state index contributed by atoms with van der Waals surface area (Å²) in [6, 6.07) is 4.81. The van der Waals surface area contributed by atoms with Gasteiger partial charge >= 0.3 is 6.09 Å². The molecule has 1 aromatic carbocycles. The lowest BCUT2D eigenvalue weighted by Gasteiger charge is -2.38. The summed E-state index contributed by atoms with van der Waals surface area (Å²) in [6.45, 7) is 10.8. The van der Waals surface area contributed by atoms with Gasteiger partial charge < -0.3 is 25.4 Å². The number of nitrogens with two attached hydrogens (primary N) is 1. The van der Waals surface area contributed by atoms with Crippen LogP contribution >= 0.6 is 11.6 Å². The van der Waals surface area contributed by atoms with Crippen LogP contribution < -0.4 is 20.7 Å². The number of carbonyl (C=O) groups excluding carboxylic acids is 1. The number of fused-ring (bicyclic) bond motifs is 3. The van der Waals surface area contributed by atoms with E-state index in [0.717, 1.165) is 79.7 Å². The van der Waals surface area contributed by atoms with Crippen LogP contribution in [-0.2, 0) is 16.6 Å². The number of benzene rings is 1. The van der Waals surface area contributed by atoms with E-state index in [0.29, 0.717) is 17.7 Å². The molecule has 0 saturated heterocycles. The molecular formula is C30H42ClN5O3. The molecule has 0 aliphatic heterocycles. The van der Waals surface area contributed by atoms with Gasteiger partial charge in [-0.05, 0) is 88.8 Å². The number of halogens is 1. The number of alkyl halides is 1. The Bertz CT molecular complexity index is 1220. The molecule has 2 saturated carbocycles. The second kappa shape index (κ2) is 10.7. The molecule has 2 fully saturated rings. The summed E-state index contributed by atoms with van der Waals surface area (Å²) in [7, 11) is 0. The first-order chi connectivity index (χ1) is 18.5. The summed E-state index contributed by atoms with van der Waals surface area (Å²) >= 11 is 6.34. The van der Waals surface area contributed by atoms with Crippen molar-refractivity contribution in [2.75, 3.05) is 23.1 Å². The number of nitrogens with zero attached hydrogens (tertiary/aromatic N) is 3. The topological polar surface area (TPSA) is 103 Å². The van der Waals surface area contributed by atoms with E-state index >= 15 is 0 Å². The van der Waals surface area contributed by atoms with Crippen molar-refractivity contribution in [2.24, 2.45) is 0 Å². The average molecular weight is 556 g/mol. The van der Waals surface area contributed by atoms with Crippen molar-refractivity contribution in [3.05, 3.63) is 29.6 Å². The van der Waals surface area contributed by atoms with E-state index in [1.54, 1.807) is 6.33 Å².